The minimum Gasteiger partial charge on any atom is -0.481 e. The summed E-state index contributed by atoms with van der Waals surface area (Å²) in [5, 5.41) is 8.56. The Bertz CT molecular complexity index is 375. The van der Waals surface area contributed by atoms with Crippen LogP contribution in [0, 0.1) is 0 Å². The number of aromatic nitrogens is 1. The van der Waals surface area contributed by atoms with Gasteiger partial charge in [0.1, 0.15) is 5.76 Å². The molecule has 1 aromatic heterocycles. The zero-order chi connectivity index (χ0) is 11.5. The van der Waals surface area contributed by atoms with Crippen LogP contribution in [0.5, 0.6) is 0 Å². The number of hydrogen-bond donors (Lipinski definition) is 1. The van der Waals surface area contributed by atoms with Crippen LogP contribution in [0.25, 0.3) is 0 Å². The van der Waals surface area contributed by atoms with Crippen molar-refractivity contribution in [3.63, 3.8) is 0 Å². The number of likely N-dealkylation sites (tertiary alicyclic amines) is 1. The third-order valence-electron chi connectivity index (χ3n) is 2.90. The molecule has 0 saturated carbocycles. The molecule has 1 aliphatic heterocycles. The smallest absolute Gasteiger partial charge is 0.303 e. The highest BCUT2D eigenvalue weighted by Crippen LogP contribution is 2.25. The summed E-state index contributed by atoms with van der Waals surface area (Å²) in [6.07, 6.45) is 3.23. The van der Waals surface area contributed by atoms with Gasteiger partial charge in [-0.1, -0.05) is 0 Å². The van der Waals surface area contributed by atoms with Crippen LogP contribution in [-0.2, 0) is 11.2 Å². The van der Waals surface area contributed by atoms with Crippen LogP contribution in [0.3, 0.4) is 0 Å². The number of carbonyl (C=O) groups is 1. The van der Waals surface area contributed by atoms with Gasteiger partial charge in [0.15, 0.2) is 5.89 Å². The minimum absolute atomic E-state index is 0.0964. The maximum absolute atomic E-state index is 10.4. The number of nitrogens with zero attached hydrogens (tertiary/aromatic N) is 2. The molecule has 1 N–H and O–H groups in total. The second-order valence-electron chi connectivity index (χ2n) is 4.31. The number of carboxylic acids is 1. The van der Waals surface area contributed by atoms with E-state index in [-0.39, 0.29) is 6.42 Å². The molecule has 0 amide bonds. The maximum atomic E-state index is 10.4. The topological polar surface area (TPSA) is 66.6 Å². The van der Waals surface area contributed by atoms with Gasteiger partial charge in [0.05, 0.1) is 12.6 Å². The zero-order valence-electron chi connectivity index (χ0n) is 9.35. The van der Waals surface area contributed by atoms with Crippen LogP contribution < -0.4 is 0 Å². The van der Waals surface area contributed by atoms with Crippen LogP contribution in [0.1, 0.15) is 30.4 Å². The lowest BCUT2D eigenvalue weighted by Gasteiger charge is -2.05. The maximum Gasteiger partial charge on any atom is 0.303 e. The van der Waals surface area contributed by atoms with E-state index in [2.05, 4.69) is 16.9 Å². The molecule has 1 aliphatic rings. The molecule has 0 radical (unpaired) electrons. The lowest BCUT2D eigenvalue weighted by molar-refractivity contribution is -0.137. The molecule has 5 nitrogen and oxygen atoms in total. The van der Waals surface area contributed by atoms with Crippen molar-refractivity contribution in [2.24, 2.45) is 0 Å². The second kappa shape index (κ2) is 4.65. The summed E-state index contributed by atoms with van der Waals surface area (Å²) in [6, 6.07) is 0. The fraction of sp³-hybridized carbons (Fsp3) is 0.636. The third kappa shape index (κ3) is 2.61. The van der Waals surface area contributed by atoms with E-state index in [1.165, 1.54) is 0 Å². The molecule has 1 unspecified atom stereocenters. The van der Waals surface area contributed by atoms with Crippen molar-refractivity contribution in [1.29, 1.82) is 0 Å². The van der Waals surface area contributed by atoms with Gasteiger partial charge in [-0.05, 0) is 20.0 Å². The first kappa shape index (κ1) is 11.1. The van der Waals surface area contributed by atoms with Crippen LogP contribution in [0.4, 0.5) is 0 Å². The van der Waals surface area contributed by atoms with E-state index in [1.807, 2.05) is 0 Å². The first-order chi connectivity index (χ1) is 7.65. The summed E-state index contributed by atoms with van der Waals surface area (Å²) >= 11 is 0. The van der Waals surface area contributed by atoms with Crippen LogP contribution in [-0.4, -0.2) is 41.1 Å². The molecule has 1 atom stereocenters. The molecule has 0 spiro atoms. The summed E-state index contributed by atoms with van der Waals surface area (Å²) in [7, 11) is 2.08. The van der Waals surface area contributed by atoms with Crippen molar-refractivity contribution in [2.45, 2.75) is 25.2 Å². The number of rotatable bonds is 4. The lowest BCUT2D eigenvalue weighted by atomic mass is 10.1. The van der Waals surface area contributed by atoms with Gasteiger partial charge in [0.25, 0.3) is 0 Å². The van der Waals surface area contributed by atoms with Gasteiger partial charge < -0.3 is 14.4 Å². The predicted octanol–water partition coefficient (Wildman–Crippen LogP) is 1.11. The number of likely N-dealkylation sites (N-methyl/N-ethyl adjacent to an activating group) is 1. The van der Waals surface area contributed by atoms with E-state index in [1.54, 1.807) is 6.20 Å². The number of hydrogen-bond acceptors (Lipinski definition) is 4. The van der Waals surface area contributed by atoms with Gasteiger partial charge in [-0.25, -0.2) is 4.98 Å². The van der Waals surface area contributed by atoms with E-state index in [9.17, 15) is 4.79 Å². The Morgan fingerprint density at radius 3 is 3.19 bits per heavy atom. The van der Waals surface area contributed by atoms with Crippen molar-refractivity contribution in [3.05, 3.63) is 17.8 Å². The summed E-state index contributed by atoms with van der Waals surface area (Å²) in [6.45, 7) is 2.04. The van der Waals surface area contributed by atoms with E-state index < -0.39 is 5.97 Å². The molecule has 0 bridgehead atoms. The Labute approximate surface area is 94.1 Å². The summed E-state index contributed by atoms with van der Waals surface area (Å²) in [4.78, 5) is 16.9. The molecule has 1 fully saturated rings. The molecular weight excluding hydrogens is 208 g/mol. The summed E-state index contributed by atoms with van der Waals surface area (Å²) < 4.78 is 5.57. The van der Waals surface area contributed by atoms with Gasteiger partial charge in [-0.3, -0.25) is 4.79 Å². The highest BCUT2D eigenvalue weighted by atomic mass is 16.4. The lowest BCUT2D eigenvalue weighted by Crippen LogP contribution is -2.13. The molecule has 1 aromatic rings. The Balaban J connectivity index is 1.94. The standard InChI is InChI=1S/C11H16N2O3/c1-13-5-4-8(7-13)11-12-6-9(16-11)2-3-10(14)15/h6,8H,2-5,7H2,1H3,(H,14,15). The Hall–Kier alpha value is -1.36. The van der Waals surface area contributed by atoms with E-state index in [4.69, 9.17) is 9.52 Å². The SMILES string of the molecule is CN1CCC(c2ncc(CCC(=O)O)o2)C1. The molecule has 5 heteroatoms. The van der Waals surface area contributed by atoms with E-state index >= 15 is 0 Å². The highest BCUT2D eigenvalue weighted by Gasteiger charge is 2.25. The first-order valence-electron chi connectivity index (χ1n) is 5.50. The monoisotopic (exact) mass is 224 g/mol. The van der Waals surface area contributed by atoms with Crippen LogP contribution in [0.15, 0.2) is 10.6 Å². The number of aryl methyl sites for hydroxylation is 1. The predicted molar refractivity (Wildman–Crippen MR) is 57.3 cm³/mol. The molecule has 16 heavy (non-hydrogen) atoms. The van der Waals surface area contributed by atoms with Crippen LogP contribution in [0.2, 0.25) is 0 Å². The van der Waals surface area contributed by atoms with Crippen molar-refractivity contribution in [3.8, 4) is 0 Å². The quantitative estimate of drug-likeness (QED) is 0.829. The summed E-state index contributed by atoms with van der Waals surface area (Å²) in [5.74, 6) is 0.985. The minimum atomic E-state index is -0.807. The number of oxazole rings is 1. The average Bonchev–Trinajstić information content (AvgIpc) is 2.83. The fourth-order valence-electron chi connectivity index (χ4n) is 1.99. The first-order valence-corrected chi connectivity index (χ1v) is 5.50. The Kier molecular flexibility index (Phi) is 3.24. The second-order valence-corrected chi connectivity index (χ2v) is 4.31. The number of aliphatic carboxylic acids is 1. The van der Waals surface area contributed by atoms with Crippen molar-refractivity contribution in [1.82, 2.24) is 9.88 Å². The van der Waals surface area contributed by atoms with Gasteiger partial charge in [-0.15, -0.1) is 0 Å². The largest absolute Gasteiger partial charge is 0.481 e. The molecule has 0 aromatic carbocycles. The number of carboxylic acid groups (broad SMARTS) is 1. The van der Waals surface area contributed by atoms with Crippen molar-refractivity contribution < 1.29 is 14.3 Å². The molecule has 1 saturated heterocycles. The van der Waals surface area contributed by atoms with Gasteiger partial charge in [0.2, 0.25) is 0 Å². The molecule has 2 rings (SSSR count). The van der Waals surface area contributed by atoms with Crippen LogP contribution >= 0.6 is 0 Å². The third-order valence-corrected chi connectivity index (χ3v) is 2.90. The van der Waals surface area contributed by atoms with Gasteiger partial charge in [0, 0.05) is 18.9 Å². The molecule has 88 valence electrons. The average molecular weight is 224 g/mol. The van der Waals surface area contributed by atoms with E-state index in [0.29, 0.717) is 18.1 Å². The normalized spacial score (nSPS) is 21.4. The molecule has 0 aliphatic carbocycles. The fourth-order valence-corrected chi connectivity index (χ4v) is 1.99. The van der Waals surface area contributed by atoms with E-state index in [0.717, 1.165) is 25.4 Å². The highest BCUT2D eigenvalue weighted by molar-refractivity contribution is 5.66. The molecule has 2 heterocycles. The van der Waals surface area contributed by atoms with Crippen molar-refractivity contribution >= 4 is 5.97 Å². The van der Waals surface area contributed by atoms with Gasteiger partial charge >= 0.3 is 5.97 Å². The Morgan fingerprint density at radius 1 is 1.75 bits per heavy atom. The zero-order valence-corrected chi connectivity index (χ0v) is 9.35. The Morgan fingerprint density at radius 2 is 2.56 bits per heavy atom. The summed E-state index contributed by atoms with van der Waals surface area (Å²) in [5.41, 5.74) is 0. The molecular formula is C11H16N2O3. The van der Waals surface area contributed by atoms with Gasteiger partial charge in [-0.2, -0.15) is 0 Å². The van der Waals surface area contributed by atoms with Crippen molar-refractivity contribution in [2.75, 3.05) is 20.1 Å².